The minimum absolute atomic E-state index is 0.647. The molecule has 92 valence electrons. The summed E-state index contributed by atoms with van der Waals surface area (Å²) in [7, 11) is 1.63. The van der Waals surface area contributed by atoms with Crippen molar-refractivity contribution in [2.75, 3.05) is 18.6 Å². The minimum Gasteiger partial charge on any atom is -0.481 e. The van der Waals surface area contributed by atoms with Crippen LogP contribution in [0.15, 0.2) is 24.9 Å². The first-order valence-corrected chi connectivity index (χ1v) is 5.76. The summed E-state index contributed by atoms with van der Waals surface area (Å²) in [5.41, 5.74) is 2.10. The highest BCUT2D eigenvalue weighted by Crippen LogP contribution is 2.26. The minimum atomic E-state index is 0.647. The summed E-state index contributed by atoms with van der Waals surface area (Å²) in [6, 6.07) is 0. The molecule has 0 bridgehead atoms. The van der Waals surface area contributed by atoms with Gasteiger partial charge in [-0.2, -0.15) is 0 Å². The molecule has 1 aliphatic rings. The van der Waals surface area contributed by atoms with E-state index < -0.39 is 0 Å². The van der Waals surface area contributed by atoms with Gasteiger partial charge in [-0.15, -0.1) is 0 Å². The molecule has 1 aliphatic heterocycles. The molecular weight excluding hydrogens is 230 g/mol. The fourth-order valence-corrected chi connectivity index (χ4v) is 2.14. The third kappa shape index (κ3) is 1.85. The zero-order valence-corrected chi connectivity index (χ0v) is 10.1. The van der Waals surface area contributed by atoms with Gasteiger partial charge in [-0.25, -0.2) is 15.0 Å². The summed E-state index contributed by atoms with van der Waals surface area (Å²) in [4.78, 5) is 19.0. The third-order valence-electron chi connectivity index (χ3n) is 3.03. The van der Waals surface area contributed by atoms with E-state index in [9.17, 15) is 0 Å². The average molecular weight is 243 g/mol. The number of fused-ring (bicyclic) bond motifs is 1. The van der Waals surface area contributed by atoms with Crippen LogP contribution in [0.2, 0.25) is 0 Å². The van der Waals surface area contributed by atoms with Crippen molar-refractivity contribution >= 4 is 5.82 Å². The first kappa shape index (κ1) is 10.9. The Hall–Kier alpha value is -2.24. The van der Waals surface area contributed by atoms with Crippen LogP contribution in [-0.4, -0.2) is 33.6 Å². The Kier molecular flexibility index (Phi) is 2.76. The number of rotatable bonds is 2. The fourth-order valence-electron chi connectivity index (χ4n) is 2.14. The van der Waals surface area contributed by atoms with E-state index in [0.29, 0.717) is 12.4 Å². The third-order valence-corrected chi connectivity index (χ3v) is 3.03. The second-order valence-corrected chi connectivity index (χ2v) is 4.04. The molecule has 3 heterocycles. The summed E-state index contributed by atoms with van der Waals surface area (Å²) in [5.74, 6) is 1.52. The molecule has 18 heavy (non-hydrogen) atoms. The van der Waals surface area contributed by atoms with Crippen LogP contribution in [0.5, 0.6) is 5.88 Å². The highest BCUT2D eigenvalue weighted by Gasteiger charge is 2.22. The van der Waals surface area contributed by atoms with Crippen LogP contribution in [0, 0.1) is 0 Å². The Labute approximate surface area is 105 Å². The maximum Gasteiger partial charge on any atom is 0.221 e. The van der Waals surface area contributed by atoms with Crippen molar-refractivity contribution in [3.05, 3.63) is 36.2 Å². The first-order chi connectivity index (χ1) is 8.88. The predicted octanol–water partition coefficient (Wildman–Crippen LogP) is 0.838. The predicted molar refractivity (Wildman–Crippen MR) is 65.4 cm³/mol. The molecule has 0 N–H and O–H groups in total. The molecule has 2 aromatic rings. The first-order valence-electron chi connectivity index (χ1n) is 5.76. The highest BCUT2D eigenvalue weighted by molar-refractivity contribution is 5.43. The van der Waals surface area contributed by atoms with E-state index in [2.05, 4.69) is 24.8 Å². The van der Waals surface area contributed by atoms with E-state index in [1.807, 2.05) is 0 Å². The number of methoxy groups -OCH3 is 1. The SMILES string of the molecule is COc1ncnc2c1CN(c1cnccn1)CC2. The van der Waals surface area contributed by atoms with Gasteiger partial charge in [0.25, 0.3) is 0 Å². The van der Waals surface area contributed by atoms with Crippen molar-refractivity contribution < 1.29 is 4.74 Å². The van der Waals surface area contributed by atoms with Gasteiger partial charge in [-0.1, -0.05) is 0 Å². The molecule has 0 amide bonds. The number of nitrogens with zero attached hydrogens (tertiary/aromatic N) is 5. The van der Waals surface area contributed by atoms with E-state index in [0.717, 1.165) is 30.0 Å². The topological polar surface area (TPSA) is 64.0 Å². The normalized spacial score (nSPS) is 14.2. The Morgan fingerprint density at radius 1 is 1.22 bits per heavy atom. The molecule has 0 aliphatic carbocycles. The molecule has 2 aromatic heterocycles. The second-order valence-electron chi connectivity index (χ2n) is 4.04. The van der Waals surface area contributed by atoms with Gasteiger partial charge in [-0.05, 0) is 0 Å². The molecule has 0 radical (unpaired) electrons. The molecule has 0 unspecified atom stereocenters. The Bertz CT molecular complexity index is 531. The lowest BCUT2D eigenvalue weighted by molar-refractivity contribution is 0.387. The highest BCUT2D eigenvalue weighted by atomic mass is 16.5. The summed E-state index contributed by atoms with van der Waals surface area (Å²) in [6.07, 6.45) is 7.55. The molecular formula is C12H13N5O. The number of hydrogen-bond donors (Lipinski definition) is 0. The quantitative estimate of drug-likeness (QED) is 0.778. The van der Waals surface area contributed by atoms with Crippen molar-refractivity contribution in [1.29, 1.82) is 0 Å². The van der Waals surface area contributed by atoms with Crippen molar-refractivity contribution in [2.45, 2.75) is 13.0 Å². The van der Waals surface area contributed by atoms with E-state index in [1.165, 1.54) is 0 Å². The van der Waals surface area contributed by atoms with E-state index in [1.54, 1.807) is 32.0 Å². The van der Waals surface area contributed by atoms with Gasteiger partial charge in [0.05, 0.1) is 31.1 Å². The van der Waals surface area contributed by atoms with Gasteiger partial charge in [0.15, 0.2) is 0 Å². The Morgan fingerprint density at radius 2 is 2.17 bits per heavy atom. The van der Waals surface area contributed by atoms with Crippen molar-refractivity contribution in [3.8, 4) is 5.88 Å². The largest absolute Gasteiger partial charge is 0.481 e. The molecule has 0 saturated heterocycles. The van der Waals surface area contributed by atoms with Crippen molar-refractivity contribution in [3.63, 3.8) is 0 Å². The monoisotopic (exact) mass is 243 g/mol. The molecule has 0 aromatic carbocycles. The van der Waals surface area contributed by atoms with Crippen LogP contribution in [-0.2, 0) is 13.0 Å². The molecule has 0 spiro atoms. The van der Waals surface area contributed by atoms with Crippen LogP contribution in [0.25, 0.3) is 0 Å². The lowest BCUT2D eigenvalue weighted by Crippen LogP contribution is -2.32. The van der Waals surface area contributed by atoms with Gasteiger partial charge in [0.2, 0.25) is 5.88 Å². The van der Waals surface area contributed by atoms with Crippen molar-refractivity contribution in [1.82, 2.24) is 19.9 Å². The standard InChI is InChI=1S/C12H13N5O/c1-18-12-9-7-17(11-6-13-3-4-14-11)5-2-10(9)15-8-16-12/h3-4,6,8H,2,5,7H2,1H3. The van der Waals surface area contributed by atoms with Gasteiger partial charge >= 0.3 is 0 Å². The lowest BCUT2D eigenvalue weighted by atomic mass is 10.1. The van der Waals surface area contributed by atoms with Crippen LogP contribution in [0.1, 0.15) is 11.3 Å². The van der Waals surface area contributed by atoms with Gasteiger partial charge < -0.3 is 9.64 Å². The fraction of sp³-hybridized carbons (Fsp3) is 0.333. The average Bonchev–Trinajstić information content (AvgIpc) is 2.47. The number of aromatic nitrogens is 4. The van der Waals surface area contributed by atoms with Crippen molar-refractivity contribution in [2.24, 2.45) is 0 Å². The number of hydrogen-bond acceptors (Lipinski definition) is 6. The summed E-state index contributed by atoms with van der Waals surface area (Å²) in [6.45, 7) is 1.59. The number of anilines is 1. The summed E-state index contributed by atoms with van der Waals surface area (Å²) < 4.78 is 5.28. The van der Waals surface area contributed by atoms with Gasteiger partial charge in [-0.3, -0.25) is 4.98 Å². The van der Waals surface area contributed by atoms with E-state index in [-0.39, 0.29) is 0 Å². The molecule has 6 nitrogen and oxygen atoms in total. The molecule has 3 rings (SSSR count). The van der Waals surface area contributed by atoms with Crippen LogP contribution < -0.4 is 9.64 Å². The summed E-state index contributed by atoms with van der Waals surface area (Å²) >= 11 is 0. The smallest absolute Gasteiger partial charge is 0.221 e. The zero-order valence-electron chi connectivity index (χ0n) is 10.1. The van der Waals surface area contributed by atoms with Crippen LogP contribution in [0.3, 0.4) is 0 Å². The van der Waals surface area contributed by atoms with E-state index >= 15 is 0 Å². The Morgan fingerprint density at radius 3 is 2.94 bits per heavy atom. The Balaban J connectivity index is 1.93. The second kappa shape index (κ2) is 4.56. The van der Waals surface area contributed by atoms with E-state index in [4.69, 9.17) is 4.74 Å². The molecule has 0 saturated carbocycles. The molecule has 0 fully saturated rings. The van der Waals surface area contributed by atoms with Gasteiger partial charge in [0.1, 0.15) is 12.1 Å². The van der Waals surface area contributed by atoms with Gasteiger partial charge in [0, 0.05) is 25.4 Å². The lowest BCUT2D eigenvalue weighted by Gasteiger charge is -2.29. The maximum absolute atomic E-state index is 5.28. The van der Waals surface area contributed by atoms with Crippen LogP contribution in [0.4, 0.5) is 5.82 Å². The molecule has 0 atom stereocenters. The zero-order chi connectivity index (χ0) is 12.4. The number of ether oxygens (including phenoxy) is 1. The van der Waals surface area contributed by atoms with Crippen LogP contribution >= 0.6 is 0 Å². The summed E-state index contributed by atoms with van der Waals surface area (Å²) in [5, 5.41) is 0. The maximum atomic E-state index is 5.28. The molecule has 6 heteroatoms.